The molecule has 1 heterocycles. The summed E-state index contributed by atoms with van der Waals surface area (Å²) in [5.74, 6) is -2.62. The Morgan fingerprint density at radius 2 is 1.84 bits per heavy atom. The van der Waals surface area contributed by atoms with Gasteiger partial charge in [-0.25, -0.2) is 0 Å². The van der Waals surface area contributed by atoms with Crippen LogP contribution in [0.5, 0.6) is 23.0 Å². The van der Waals surface area contributed by atoms with Crippen molar-refractivity contribution in [3.05, 3.63) is 11.6 Å². The molecule has 1 aromatic carbocycles. The fourth-order valence-corrected chi connectivity index (χ4v) is 2.51. The monoisotopic (exact) mass is 360 g/mol. The van der Waals surface area contributed by atoms with Crippen molar-refractivity contribution < 1.29 is 49.6 Å². The summed E-state index contributed by atoms with van der Waals surface area (Å²) in [6.07, 6.45) is -7.92. The summed E-state index contributed by atoms with van der Waals surface area (Å²) in [7, 11) is 1.23. The van der Waals surface area contributed by atoms with E-state index in [1.807, 2.05) is 0 Å². The highest BCUT2D eigenvalue weighted by Crippen LogP contribution is 2.45. The summed E-state index contributed by atoms with van der Waals surface area (Å²) in [5.41, 5.74) is -0.264. The van der Waals surface area contributed by atoms with Crippen LogP contribution in [0.25, 0.3) is 0 Å². The van der Waals surface area contributed by atoms with Gasteiger partial charge in [-0.1, -0.05) is 0 Å². The number of Topliss-reactive ketones (excluding diaryl/α,β-unsaturated/α-hetero) is 1. The highest BCUT2D eigenvalue weighted by molar-refractivity contribution is 6.01. The number of ether oxygens (including phenoxy) is 3. The standard InChI is InChI=1S/C15H20O10/c1-5(17)9-7(23-2)3-6(18)14(11(9)20)25-15-13(22)12(21)10(19)8(4-16)24-15/h3,8,10,12-13,15-16,18-22H,4H2,1-2H3/t8-,10-,12+,13-,15+/m0/s1. The fraction of sp³-hybridized carbons (Fsp3) is 0.533. The van der Waals surface area contributed by atoms with Gasteiger partial charge in [0.2, 0.25) is 12.0 Å². The Morgan fingerprint density at radius 1 is 1.20 bits per heavy atom. The van der Waals surface area contributed by atoms with Crippen LogP contribution in [-0.4, -0.2) is 80.8 Å². The van der Waals surface area contributed by atoms with E-state index in [9.17, 15) is 30.3 Å². The molecule has 0 aromatic heterocycles. The van der Waals surface area contributed by atoms with E-state index in [0.717, 1.165) is 13.0 Å². The Morgan fingerprint density at radius 3 is 2.36 bits per heavy atom. The maximum Gasteiger partial charge on any atom is 0.229 e. The first-order valence-electron chi connectivity index (χ1n) is 7.33. The Balaban J connectivity index is 2.39. The molecule has 5 atom stereocenters. The third-order valence-electron chi connectivity index (χ3n) is 3.85. The number of benzene rings is 1. The molecule has 25 heavy (non-hydrogen) atoms. The highest BCUT2D eigenvalue weighted by atomic mass is 16.7. The summed E-state index contributed by atoms with van der Waals surface area (Å²) in [6.45, 7) is 0.482. The fourth-order valence-electron chi connectivity index (χ4n) is 2.51. The lowest BCUT2D eigenvalue weighted by molar-refractivity contribution is -0.277. The van der Waals surface area contributed by atoms with E-state index in [1.165, 1.54) is 7.11 Å². The van der Waals surface area contributed by atoms with Gasteiger partial charge in [0.25, 0.3) is 0 Å². The topological polar surface area (TPSA) is 166 Å². The predicted molar refractivity (Wildman–Crippen MR) is 80.7 cm³/mol. The average molecular weight is 360 g/mol. The van der Waals surface area contributed by atoms with Crippen LogP contribution in [0.15, 0.2) is 6.07 Å². The number of hydrogen-bond acceptors (Lipinski definition) is 10. The highest BCUT2D eigenvalue weighted by Gasteiger charge is 2.45. The normalized spacial score (nSPS) is 29.3. The number of phenols is 2. The first-order valence-corrected chi connectivity index (χ1v) is 7.33. The Labute approximate surface area is 142 Å². The molecule has 1 aromatic rings. The molecule has 10 heteroatoms. The van der Waals surface area contributed by atoms with Crippen molar-refractivity contribution in [1.29, 1.82) is 0 Å². The number of aromatic hydroxyl groups is 2. The minimum Gasteiger partial charge on any atom is -0.504 e. The first-order chi connectivity index (χ1) is 11.7. The smallest absolute Gasteiger partial charge is 0.229 e. The predicted octanol–water partition coefficient (Wildman–Crippen LogP) is -1.51. The number of carbonyl (C=O) groups is 1. The molecule has 0 amide bonds. The average Bonchev–Trinajstić information content (AvgIpc) is 2.57. The number of carbonyl (C=O) groups excluding carboxylic acids is 1. The lowest BCUT2D eigenvalue weighted by atomic mass is 9.99. The van der Waals surface area contributed by atoms with Gasteiger partial charge in [0.15, 0.2) is 17.3 Å². The zero-order chi connectivity index (χ0) is 18.9. The number of phenolic OH excluding ortho intramolecular Hbond substituents is 2. The molecule has 1 aliphatic rings. The number of methoxy groups -OCH3 is 1. The van der Waals surface area contributed by atoms with Gasteiger partial charge in [0.05, 0.1) is 13.7 Å². The Hall–Kier alpha value is -2.11. The molecule has 0 aliphatic carbocycles. The number of rotatable bonds is 5. The molecule has 6 N–H and O–H groups in total. The van der Waals surface area contributed by atoms with E-state index in [2.05, 4.69) is 0 Å². The van der Waals surface area contributed by atoms with Gasteiger partial charge in [0.1, 0.15) is 35.7 Å². The van der Waals surface area contributed by atoms with E-state index in [0.29, 0.717) is 0 Å². The molecule has 1 fully saturated rings. The lowest BCUT2D eigenvalue weighted by Gasteiger charge is -2.39. The van der Waals surface area contributed by atoms with Crippen LogP contribution in [0.1, 0.15) is 17.3 Å². The molecular formula is C15H20O10. The van der Waals surface area contributed by atoms with Gasteiger partial charge in [-0.05, 0) is 6.92 Å². The zero-order valence-electron chi connectivity index (χ0n) is 13.5. The summed E-state index contributed by atoms with van der Waals surface area (Å²) < 4.78 is 15.3. The van der Waals surface area contributed by atoms with Gasteiger partial charge >= 0.3 is 0 Å². The van der Waals surface area contributed by atoms with Crippen LogP contribution in [-0.2, 0) is 4.74 Å². The molecule has 0 spiro atoms. The molecule has 0 unspecified atom stereocenters. The van der Waals surface area contributed by atoms with Gasteiger partial charge in [-0.3, -0.25) is 4.79 Å². The summed E-state index contributed by atoms with van der Waals surface area (Å²) >= 11 is 0. The van der Waals surface area contributed by atoms with Gasteiger partial charge < -0.3 is 44.8 Å². The Kier molecular flexibility index (Phi) is 5.70. The molecule has 10 nitrogen and oxygen atoms in total. The summed E-state index contributed by atoms with van der Waals surface area (Å²) in [5, 5.41) is 58.8. The van der Waals surface area contributed by atoms with Crippen molar-refractivity contribution >= 4 is 5.78 Å². The van der Waals surface area contributed by atoms with Crippen LogP contribution in [0.2, 0.25) is 0 Å². The third kappa shape index (κ3) is 3.48. The molecule has 1 saturated heterocycles. The van der Waals surface area contributed by atoms with E-state index in [1.54, 1.807) is 0 Å². The van der Waals surface area contributed by atoms with Crippen molar-refractivity contribution in [2.45, 2.75) is 37.6 Å². The van der Waals surface area contributed by atoms with Crippen LogP contribution >= 0.6 is 0 Å². The van der Waals surface area contributed by atoms with Crippen molar-refractivity contribution in [2.75, 3.05) is 13.7 Å². The van der Waals surface area contributed by atoms with E-state index in [4.69, 9.17) is 19.3 Å². The quantitative estimate of drug-likeness (QED) is 0.340. The van der Waals surface area contributed by atoms with Crippen molar-refractivity contribution in [1.82, 2.24) is 0 Å². The molecular weight excluding hydrogens is 340 g/mol. The number of aliphatic hydroxyl groups is 4. The lowest BCUT2D eigenvalue weighted by Crippen LogP contribution is -2.60. The second-order valence-corrected chi connectivity index (χ2v) is 5.52. The number of ketones is 1. The number of hydrogen-bond donors (Lipinski definition) is 6. The van der Waals surface area contributed by atoms with Crippen LogP contribution < -0.4 is 9.47 Å². The maximum absolute atomic E-state index is 11.7. The molecule has 0 bridgehead atoms. The van der Waals surface area contributed by atoms with Crippen molar-refractivity contribution in [2.24, 2.45) is 0 Å². The van der Waals surface area contributed by atoms with Crippen LogP contribution in [0, 0.1) is 0 Å². The van der Waals surface area contributed by atoms with Gasteiger partial charge in [0, 0.05) is 6.07 Å². The molecule has 1 aliphatic heterocycles. The minimum atomic E-state index is -1.75. The molecule has 0 radical (unpaired) electrons. The molecule has 140 valence electrons. The first kappa shape index (κ1) is 19.2. The maximum atomic E-state index is 11.7. The van der Waals surface area contributed by atoms with E-state index in [-0.39, 0.29) is 11.3 Å². The van der Waals surface area contributed by atoms with Crippen molar-refractivity contribution in [3.63, 3.8) is 0 Å². The van der Waals surface area contributed by atoms with E-state index < -0.39 is 60.3 Å². The zero-order valence-corrected chi connectivity index (χ0v) is 13.5. The number of aliphatic hydroxyl groups excluding tert-OH is 4. The van der Waals surface area contributed by atoms with Gasteiger partial charge in [-0.15, -0.1) is 0 Å². The molecule has 2 rings (SSSR count). The largest absolute Gasteiger partial charge is 0.504 e. The minimum absolute atomic E-state index is 0.0938. The van der Waals surface area contributed by atoms with Crippen LogP contribution in [0.4, 0.5) is 0 Å². The van der Waals surface area contributed by atoms with E-state index >= 15 is 0 Å². The Bertz CT molecular complexity index is 644. The third-order valence-corrected chi connectivity index (χ3v) is 3.85. The second kappa shape index (κ2) is 7.42. The summed E-state index contributed by atoms with van der Waals surface area (Å²) in [6, 6.07) is 1.02. The van der Waals surface area contributed by atoms with Crippen molar-refractivity contribution in [3.8, 4) is 23.0 Å². The summed E-state index contributed by atoms with van der Waals surface area (Å²) in [4.78, 5) is 11.7. The molecule has 0 saturated carbocycles. The SMILES string of the molecule is COc1cc(O)c(O[C@H]2O[C@@H](CO)[C@H](O)[C@@H](O)[C@@H]2O)c(O)c1C(C)=O. The van der Waals surface area contributed by atoms with Crippen LogP contribution in [0.3, 0.4) is 0 Å². The second-order valence-electron chi connectivity index (χ2n) is 5.52. The van der Waals surface area contributed by atoms with Gasteiger partial charge in [-0.2, -0.15) is 0 Å².